The molecular formula is C17H23N5O4S. The van der Waals surface area contributed by atoms with Crippen LogP contribution in [0.15, 0.2) is 23.1 Å². The number of methoxy groups -OCH3 is 2. The number of carbonyl (C=O) groups excluding carboxylic acids is 2. The minimum absolute atomic E-state index is 0.0554. The fourth-order valence-electron chi connectivity index (χ4n) is 1.83. The van der Waals surface area contributed by atoms with Crippen molar-refractivity contribution < 1.29 is 19.1 Å². The molecule has 2 rings (SSSR count). The molecule has 1 heterocycles. The molecular weight excluding hydrogens is 370 g/mol. The Balaban J connectivity index is 0.00000176. The topological polar surface area (TPSA) is 115 Å². The molecule has 2 aromatic rings. The Morgan fingerprint density at radius 3 is 2.41 bits per heavy atom. The Morgan fingerprint density at radius 1 is 1.07 bits per heavy atom. The van der Waals surface area contributed by atoms with E-state index in [0.29, 0.717) is 16.3 Å². The molecule has 0 aliphatic heterocycles. The molecule has 9 nitrogen and oxygen atoms in total. The highest BCUT2D eigenvalue weighted by Crippen LogP contribution is 2.22. The fraction of sp³-hybridized carbons (Fsp3) is 0.353. The number of anilines is 1. The lowest BCUT2D eigenvalue weighted by molar-refractivity contribution is 0.0596. The fourth-order valence-corrected chi connectivity index (χ4v) is 2.59. The van der Waals surface area contributed by atoms with Crippen molar-refractivity contribution in [2.45, 2.75) is 32.6 Å². The van der Waals surface area contributed by atoms with E-state index in [1.54, 1.807) is 25.1 Å². The zero-order chi connectivity index (χ0) is 20.4. The first-order chi connectivity index (χ1) is 12.9. The molecule has 0 saturated carbocycles. The number of ether oxygens (including phenoxy) is 2. The van der Waals surface area contributed by atoms with E-state index in [1.165, 1.54) is 14.2 Å². The second-order valence-corrected chi connectivity index (χ2v) is 5.69. The third-order valence-corrected chi connectivity index (χ3v) is 3.78. The molecule has 0 aliphatic carbocycles. The van der Waals surface area contributed by atoms with Crippen molar-refractivity contribution in [3.63, 3.8) is 0 Å². The number of rotatable bonds is 5. The average Bonchev–Trinajstić information content (AvgIpc) is 2.67. The van der Waals surface area contributed by atoms with Crippen molar-refractivity contribution in [2.75, 3.05) is 19.5 Å². The van der Waals surface area contributed by atoms with Gasteiger partial charge in [-0.15, -0.1) is 0 Å². The summed E-state index contributed by atoms with van der Waals surface area (Å²) in [5.41, 5.74) is 1.30. The van der Waals surface area contributed by atoms with Crippen LogP contribution in [-0.2, 0) is 4.74 Å². The van der Waals surface area contributed by atoms with E-state index in [1.807, 2.05) is 20.8 Å². The van der Waals surface area contributed by atoms with Crippen molar-refractivity contribution in [3.8, 4) is 6.01 Å². The third kappa shape index (κ3) is 6.74. The van der Waals surface area contributed by atoms with Gasteiger partial charge in [-0.2, -0.15) is 15.0 Å². The lowest BCUT2D eigenvalue weighted by Crippen LogP contribution is -2.24. The van der Waals surface area contributed by atoms with Crippen molar-refractivity contribution in [3.05, 3.63) is 35.2 Å². The number of urea groups is 1. The van der Waals surface area contributed by atoms with Crippen molar-refractivity contribution in [1.29, 1.82) is 0 Å². The number of hydrogen-bond acceptors (Lipinski definition) is 8. The molecule has 10 heteroatoms. The highest BCUT2D eigenvalue weighted by atomic mass is 32.2. The quantitative estimate of drug-likeness (QED) is 0.588. The molecule has 27 heavy (non-hydrogen) atoms. The van der Waals surface area contributed by atoms with Crippen LogP contribution in [-0.4, -0.2) is 41.2 Å². The SMILES string of the molecule is CC.COC(=O)c1ccc(C)cc1SNC(=O)Nc1nc(C)nc(OC)n1. The number of nitrogens with one attached hydrogen (secondary N) is 2. The molecule has 0 aliphatic rings. The van der Waals surface area contributed by atoms with Crippen LogP contribution in [0.2, 0.25) is 0 Å². The summed E-state index contributed by atoms with van der Waals surface area (Å²) in [5, 5.41) is 2.48. The summed E-state index contributed by atoms with van der Waals surface area (Å²) in [6.45, 7) is 7.53. The minimum atomic E-state index is -0.560. The summed E-state index contributed by atoms with van der Waals surface area (Å²) in [5.74, 6) is -0.0242. The molecule has 0 bridgehead atoms. The van der Waals surface area contributed by atoms with E-state index in [2.05, 4.69) is 25.0 Å². The number of carbonyl (C=O) groups is 2. The van der Waals surface area contributed by atoms with Gasteiger partial charge in [-0.1, -0.05) is 19.9 Å². The predicted octanol–water partition coefficient (Wildman–Crippen LogP) is 3.14. The Bertz CT molecular complexity index is 801. The van der Waals surface area contributed by atoms with Gasteiger partial charge >= 0.3 is 18.0 Å². The smallest absolute Gasteiger partial charge is 0.339 e. The zero-order valence-electron chi connectivity index (χ0n) is 16.1. The first-order valence-corrected chi connectivity index (χ1v) is 8.94. The largest absolute Gasteiger partial charge is 0.467 e. The molecule has 2 N–H and O–H groups in total. The van der Waals surface area contributed by atoms with Crippen LogP contribution in [0.5, 0.6) is 6.01 Å². The summed E-state index contributed by atoms with van der Waals surface area (Å²) in [4.78, 5) is 36.2. The Kier molecular flexibility index (Phi) is 9.00. The van der Waals surface area contributed by atoms with Gasteiger partial charge in [0.05, 0.1) is 19.8 Å². The van der Waals surface area contributed by atoms with Crippen LogP contribution in [0, 0.1) is 13.8 Å². The number of hydrogen-bond donors (Lipinski definition) is 2. The molecule has 146 valence electrons. The van der Waals surface area contributed by atoms with Crippen LogP contribution in [0.25, 0.3) is 0 Å². The maximum absolute atomic E-state index is 12.0. The van der Waals surface area contributed by atoms with Crippen molar-refractivity contribution >= 4 is 29.9 Å². The standard InChI is InChI=1S/C15H17N5O4S.C2H6/c1-8-5-6-10(12(21)23-3)11(7-8)25-20-14(22)18-13-16-9(2)17-15(19-13)24-4;1-2/h5-7H,1-4H3,(H2,16,17,18,19,20,22);1-2H3. The van der Waals surface area contributed by atoms with Gasteiger partial charge in [-0.3, -0.25) is 10.0 Å². The Labute approximate surface area is 162 Å². The molecule has 0 atom stereocenters. The summed E-state index contributed by atoms with van der Waals surface area (Å²) >= 11 is 0.981. The zero-order valence-corrected chi connectivity index (χ0v) is 16.9. The number of aromatic nitrogens is 3. The number of benzene rings is 1. The Morgan fingerprint density at radius 2 is 1.78 bits per heavy atom. The van der Waals surface area contributed by atoms with E-state index >= 15 is 0 Å². The molecule has 0 unspecified atom stereocenters. The molecule has 2 amide bonds. The second-order valence-electron chi connectivity index (χ2n) is 4.84. The minimum Gasteiger partial charge on any atom is -0.467 e. The third-order valence-electron chi connectivity index (χ3n) is 2.93. The maximum atomic E-state index is 12.0. The van der Waals surface area contributed by atoms with Gasteiger partial charge in [0, 0.05) is 4.90 Å². The van der Waals surface area contributed by atoms with Gasteiger partial charge in [0.1, 0.15) is 5.82 Å². The van der Waals surface area contributed by atoms with Crippen molar-refractivity contribution in [2.24, 2.45) is 0 Å². The van der Waals surface area contributed by atoms with Crippen LogP contribution < -0.4 is 14.8 Å². The van der Waals surface area contributed by atoms with Crippen LogP contribution in [0.3, 0.4) is 0 Å². The maximum Gasteiger partial charge on any atom is 0.339 e. The second kappa shape index (κ2) is 11.0. The number of nitrogens with zero attached hydrogens (tertiary/aromatic N) is 3. The summed E-state index contributed by atoms with van der Waals surface area (Å²) in [6.07, 6.45) is 0. The van der Waals surface area contributed by atoms with Gasteiger partial charge in [0.25, 0.3) is 0 Å². The van der Waals surface area contributed by atoms with Crippen LogP contribution in [0.1, 0.15) is 35.6 Å². The molecule has 0 spiro atoms. The van der Waals surface area contributed by atoms with Crippen molar-refractivity contribution in [1.82, 2.24) is 19.7 Å². The molecule has 0 saturated heterocycles. The number of esters is 1. The summed E-state index contributed by atoms with van der Waals surface area (Å²) < 4.78 is 12.2. The predicted molar refractivity (Wildman–Crippen MR) is 103 cm³/mol. The van der Waals surface area contributed by atoms with Gasteiger partial charge in [0.15, 0.2) is 0 Å². The first kappa shape index (κ1) is 22.2. The van der Waals surface area contributed by atoms with Gasteiger partial charge < -0.3 is 9.47 Å². The first-order valence-electron chi connectivity index (χ1n) is 8.12. The highest BCUT2D eigenvalue weighted by Gasteiger charge is 2.14. The molecule has 0 radical (unpaired) electrons. The van der Waals surface area contributed by atoms with Gasteiger partial charge in [-0.05, 0) is 43.5 Å². The lowest BCUT2D eigenvalue weighted by Gasteiger charge is -2.10. The van der Waals surface area contributed by atoms with E-state index in [0.717, 1.165) is 17.5 Å². The number of aryl methyl sites for hydroxylation is 2. The monoisotopic (exact) mass is 393 g/mol. The van der Waals surface area contributed by atoms with Crippen LogP contribution >= 0.6 is 11.9 Å². The highest BCUT2D eigenvalue weighted by molar-refractivity contribution is 7.98. The van der Waals surface area contributed by atoms with E-state index < -0.39 is 12.0 Å². The number of amides is 2. The van der Waals surface area contributed by atoms with Crippen LogP contribution in [0.4, 0.5) is 10.7 Å². The molecule has 1 aromatic carbocycles. The van der Waals surface area contributed by atoms with E-state index in [9.17, 15) is 9.59 Å². The summed E-state index contributed by atoms with van der Waals surface area (Å²) in [7, 11) is 2.72. The van der Waals surface area contributed by atoms with E-state index in [4.69, 9.17) is 9.47 Å². The van der Waals surface area contributed by atoms with E-state index in [-0.39, 0.29) is 12.0 Å². The average molecular weight is 393 g/mol. The summed E-state index contributed by atoms with van der Waals surface area (Å²) in [6, 6.07) is 4.74. The van der Waals surface area contributed by atoms with Gasteiger partial charge in [-0.25, -0.2) is 9.59 Å². The molecule has 1 aromatic heterocycles. The molecule has 0 fully saturated rings. The van der Waals surface area contributed by atoms with Gasteiger partial charge in [0.2, 0.25) is 5.95 Å². The normalized spacial score (nSPS) is 9.56. The Hall–Kier alpha value is -2.88. The lowest BCUT2D eigenvalue weighted by atomic mass is 10.1.